The van der Waals surface area contributed by atoms with Crippen LogP contribution in [0.4, 0.5) is 18.9 Å². The van der Waals surface area contributed by atoms with Crippen LogP contribution in [0, 0.1) is 3.57 Å². The number of rotatable bonds is 2. The molecule has 0 saturated heterocycles. The van der Waals surface area contributed by atoms with Crippen LogP contribution < -0.4 is 4.74 Å². The van der Waals surface area contributed by atoms with E-state index in [0.717, 1.165) is 12.1 Å². The largest absolute Gasteiger partial charge is 0.573 e. The van der Waals surface area contributed by atoms with E-state index in [2.05, 4.69) is 25.7 Å². The van der Waals surface area contributed by atoms with Gasteiger partial charge in [-0.05, 0) is 44.6 Å². The summed E-state index contributed by atoms with van der Waals surface area (Å²) in [5.41, 5.74) is 0.0595. The lowest BCUT2D eigenvalue weighted by Crippen LogP contribution is -2.17. The molecular weight excluding hydrogens is 406 g/mol. The number of nitrogens with zero attached hydrogens (tertiary/aromatic N) is 1. The maximum atomic E-state index is 11.9. The first-order valence-electron chi connectivity index (χ1n) is 3.66. The van der Waals surface area contributed by atoms with Crippen LogP contribution in [0.5, 0.6) is 5.75 Å². The van der Waals surface area contributed by atoms with Gasteiger partial charge >= 0.3 is 6.36 Å². The Labute approximate surface area is 110 Å². The third kappa shape index (κ3) is 3.76. The zero-order valence-electron chi connectivity index (χ0n) is 7.31. The molecule has 0 amide bonds. The SMILES string of the molecule is O=C=Nc1cc(OC(F)(F)F)cc(Br)c1I. The lowest BCUT2D eigenvalue weighted by molar-refractivity contribution is -0.274. The van der Waals surface area contributed by atoms with Crippen molar-refractivity contribution in [1.29, 1.82) is 0 Å². The third-order valence-corrected chi connectivity index (χ3v) is 3.88. The molecule has 1 rings (SSSR count). The van der Waals surface area contributed by atoms with Gasteiger partial charge in [0.05, 0.1) is 9.26 Å². The van der Waals surface area contributed by atoms with E-state index in [0.29, 0.717) is 8.04 Å². The molecule has 3 nitrogen and oxygen atoms in total. The number of aliphatic imine (C=N–C) groups is 1. The van der Waals surface area contributed by atoms with Gasteiger partial charge < -0.3 is 4.74 Å². The van der Waals surface area contributed by atoms with E-state index in [9.17, 15) is 18.0 Å². The van der Waals surface area contributed by atoms with Gasteiger partial charge in [-0.1, -0.05) is 0 Å². The Kier molecular flexibility index (Phi) is 4.34. The van der Waals surface area contributed by atoms with Gasteiger partial charge in [0.1, 0.15) is 5.75 Å². The van der Waals surface area contributed by atoms with Crippen LogP contribution in [0.3, 0.4) is 0 Å². The average Bonchev–Trinajstić information content (AvgIpc) is 2.11. The van der Waals surface area contributed by atoms with Crippen LogP contribution in [-0.2, 0) is 4.79 Å². The summed E-state index contributed by atoms with van der Waals surface area (Å²) in [6.45, 7) is 0. The molecule has 0 atom stereocenters. The molecule has 0 heterocycles. The van der Waals surface area contributed by atoms with Crippen molar-refractivity contribution in [3.05, 3.63) is 20.2 Å². The molecular formula is C8H2BrF3INO2. The molecule has 8 heteroatoms. The smallest absolute Gasteiger partial charge is 0.406 e. The second kappa shape index (κ2) is 5.15. The fraction of sp³-hybridized carbons (Fsp3) is 0.125. The molecule has 0 spiro atoms. The first-order valence-corrected chi connectivity index (χ1v) is 5.53. The van der Waals surface area contributed by atoms with Gasteiger partial charge in [0, 0.05) is 10.5 Å². The van der Waals surface area contributed by atoms with Gasteiger partial charge in [-0.25, -0.2) is 4.79 Å². The highest BCUT2D eigenvalue weighted by Crippen LogP contribution is 2.35. The monoisotopic (exact) mass is 407 g/mol. The van der Waals surface area contributed by atoms with Gasteiger partial charge in [0.25, 0.3) is 0 Å². The van der Waals surface area contributed by atoms with Crippen LogP contribution in [0.2, 0.25) is 0 Å². The van der Waals surface area contributed by atoms with Crippen LogP contribution >= 0.6 is 38.5 Å². The summed E-state index contributed by atoms with van der Waals surface area (Å²) < 4.78 is 40.4. The Bertz CT molecular complexity index is 457. The molecule has 0 N–H and O–H groups in total. The lowest BCUT2D eigenvalue weighted by atomic mass is 10.3. The second-order valence-corrected chi connectivity index (χ2v) is 4.42. The van der Waals surface area contributed by atoms with E-state index in [1.807, 2.05) is 22.6 Å². The Morgan fingerprint density at radius 2 is 2.06 bits per heavy atom. The van der Waals surface area contributed by atoms with E-state index in [4.69, 9.17) is 0 Å². The summed E-state index contributed by atoms with van der Waals surface area (Å²) >= 11 is 4.86. The Morgan fingerprint density at radius 1 is 1.44 bits per heavy atom. The van der Waals surface area contributed by atoms with Gasteiger partial charge in [-0.3, -0.25) is 0 Å². The highest BCUT2D eigenvalue weighted by atomic mass is 127. The molecule has 1 aromatic carbocycles. The van der Waals surface area contributed by atoms with E-state index < -0.39 is 12.1 Å². The molecule has 86 valence electrons. The van der Waals surface area contributed by atoms with Crippen LogP contribution in [0.1, 0.15) is 0 Å². The maximum Gasteiger partial charge on any atom is 0.573 e. The van der Waals surface area contributed by atoms with E-state index in [-0.39, 0.29) is 5.69 Å². The minimum atomic E-state index is -4.78. The molecule has 0 aliphatic heterocycles. The van der Waals surface area contributed by atoms with Gasteiger partial charge in [0.2, 0.25) is 6.08 Å². The maximum absolute atomic E-state index is 11.9. The van der Waals surface area contributed by atoms with Crippen LogP contribution in [-0.4, -0.2) is 12.4 Å². The van der Waals surface area contributed by atoms with E-state index in [1.54, 1.807) is 0 Å². The van der Waals surface area contributed by atoms with Crippen LogP contribution in [0.25, 0.3) is 0 Å². The summed E-state index contributed by atoms with van der Waals surface area (Å²) in [4.78, 5) is 13.3. The molecule has 0 unspecified atom stereocenters. The van der Waals surface area contributed by atoms with Crippen molar-refractivity contribution < 1.29 is 22.7 Å². The Hall–Kier alpha value is -0.600. The number of hydrogen-bond donors (Lipinski definition) is 0. The standard InChI is InChI=1S/C8H2BrF3INO2/c9-5-1-4(16-8(10,11)12)2-6(7(5)13)14-3-15/h1-2H. The second-order valence-electron chi connectivity index (χ2n) is 2.49. The summed E-state index contributed by atoms with van der Waals surface area (Å²) in [6.07, 6.45) is -3.53. The van der Waals surface area contributed by atoms with Crippen molar-refractivity contribution in [2.24, 2.45) is 4.99 Å². The average molecular weight is 408 g/mol. The molecule has 0 aliphatic carbocycles. The topological polar surface area (TPSA) is 38.7 Å². The number of hydrogen-bond acceptors (Lipinski definition) is 3. The van der Waals surface area contributed by atoms with Crippen LogP contribution in [0.15, 0.2) is 21.6 Å². The summed E-state index contributed by atoms with van der Waals surface area (Å²) in [6, 6.07) is 2.14. The zero-order chi connectivity index (χ0) is 12.3. The summed E-state index contributed by atoms with van der Waals surface area (Å²) in [7, 11) is 0. The fourth-order valence-corrected chi connectivity index (χ4v) is 1.73. The van der Waals surface area contributed by atoms with Crippen molar-refractivity contribution in [2.75, 3.05) is 0 Å². The fourth-order valence-electron chi connectivity index (χ4n) is 0.873. The van der Waals surface area contributed by atoms with Crippen molar-refractivity contribution in [3.8, 4) is 5.75 Å². The third-order valence-electron chi connectivity index (χ3n) is 1.38. The van der Waals surface area contributed by atoms with Crippen molar-refractivity contribution in [1.82, 2.24) is 0 Å². The first kappa shape index (κ1) is 13.5. The number of isocyanates is 1. The van der Waals surface area contributed by atoms with Crippen molar-refractivity contribution >= 4 is 50.3 Å². The first-order chi connectivity index (χ1) is 7.33. The van der Waals surface area contributed by atoms with Crippen molar-refractivity contribution in [2.45, 2.75) is 6.36 Å². The molecule has 0 fully saturated rings. The molecule has 1 aromatic rings. The molecule has 0 aliphatic rings. The van der Waals surface area contributed by atoms with Crippen molar-refractivity contribution in [3.63, 3.8) is 0 Å². The minimum Gasteiger partial charge on any atom is -0.406 e. The molecule has 0 saturated carbocycles. The normalized spacial score (nSPS) is 10.8. The Balaban J connectivity index is 3.19. The Morgan fingerprint density at radius 3 is 2.56 bits per heavy atom. The lowest BCUT2D eigenvalue weighted by Gasteiger charge is -2.10. The predicted molar refractivity (Wildman–Crippen MR) is 61.3 cm³/mol. The quantitative estimate of drug-likeness (QED) is 0.423. The van der Waals surface area contributed by atoms with Gasteiger partial charge in [-0.15, -0.1) is 13.2 Å². The highest BCUT2D eigenvalue weighted by molar-refractivity contribution is 14.1. The van der Waals surface area contributed by atoms with E-state index in [1.165, 1.54) is 6.08 Å². The summed E-state index contributed by atoms with van der Waals surface area (Å²) in [5, 5.41) is 0. The molecule has 0 radical (unpaired) electrons. The minimum absolute atomic E-state index is 0.0595. The highest BCUT2D eigenvalue weighted by Gasteiger charge is 2.31. The number of halogens is 5. The summed E-state index contributed by atoms with van der Waals surface area (Å²) in [5.74, 6) is -0.450. The number of carbonyl (C=O) groups excluding carboxylic acids is 1. The number of benzene rings is 1. The molecule has 16 heavy (non-hydrogen) atoms. The van der Waals surface area contributed by atoms with Gasteiger partial charge in [-0.2, -0.15) is 4.99 Å². The van der Waals surface area contributed by atoms with Gasteiger partial charge in [0.15, 0.2) is 0 Å². The zero-order valence-corrected chi connectivity index (χ0v) is 11.1. The predicted octanol–water partition coefficient (Wildman–Crippen LogP) is 3.92. The number of alkyl halides is 3. The number of ether oxygens (including phenoxy) is 1. The van der Waals surface area contributed by atoms with E-state index >= 15 is 0 Å². The molecule has 0 aromatic heterocycles. The molecule has 0 bridgehead atoms.